The minimum Gasteiger partial charge on any atom is -0.508 e. The van der Waals surface area contributed by atoms with Crippen molar-refractivity contribution in [3.05, 3.63) is 51.2 Å². The molecule has 290 valence electrons. The van der Waals surface area contributed by atoms with Crippen LogP contribution >= 0.6 is 34.7 Å². The third kappa shape index (κ3) is 7.65. The van der Waals surface area contributed by atoms with E-state index in [1.165, 1.54) is 35.9 Å². The second kappa shape index (κ2) is 15.2. The summed E-state index contributed by atoms with van der Waals surface area (Å²) in [5.74, 6) is -3.33. The maximum absolute atomic E-state index is 13.5. The number of aromatic amines is 1. The number of β-lactam (4-membered cyclic amide) rings is 1. The molecule has 0 bridgehead atoms. The highest BCUT2D eigenvalue weighted by Crippen LogP contribution is 2.42. The molecular formula is C33H41ClN9O9S2+. The lowest BCUT2D eigenvalue weighted by Gasteiger charge is -2.50. The van der Waals surface area contributed by atoms with Gasteiger partial charge in [-0.05, 0) is 13.8 Å². The number of carboxylic acid groups (broad SMARTS) is 2. The highest BCUT2D eigenvalue weighted by Gasteiger charge is 2.55. The summed E-state index contributed by atoms with van der Waals surface area (Å²) in [5.41, 5.74) is 4.61. The van der Waals surface area contributed by atoms with Crippen LogP contribution in [0.3, 0.4) is 0 Å². The van der Waals surface area contributed by atoms with Crippen molar-refractivity contribution < 1.29 is 48.9 Å². The number of fused-ring (bicyclic) bond motifs is 1. The Labute approximate surface area is 322 Å². The molecule has 0 saturated carbocycles. The number of halogens is 1. The number of imidazole rings is 1. The van der Waals surface area contributed by atoms with Gasteiger partial charge in [0.1, 0.15) is 52.9 Å². The molecular weight excluding hydrogens is 766 g/mol. The topological polar surface area (TPSA) is 266 Å². The number of hydrogen-bond acceptors (Lipinski definition) is 14. The number of amides is 2. The van der Waals surface area contributed by atoms with Gasteiger partial charge in [0.05, 0.1) is 37.4 Å². The van der Waals surface area contributed by atoms with E-state index in [9.17, 15) is 39.6 Å². The Balaban J connectivity index is 1.13. The summed E-state index contributed by atoms with van der Waals surface area (Å²) >= 11 is 8.67. The quantitative estimate of drug-likeness (QED) is 0.0587. The summed E-state index contributed by atoms with van der Waals surface area (Å²) in [5, 5.41) is 50.8. The summed E-state index contributed by atoms with van der Waals surface area (Å²) < 4.78 is 0.611. The number of anilines is 2. The molecule has 0 radical (unpaired) electrons. The fourth-order valence-corrected chi connectivity index (χ4v) is 8.94. The van der Waals surface area contributed by atoms with Gasteiger partial charge in [0.2, 0.25) is 5.60 Å². The summed E-state index contributed by atoms with van der Waals surface area (Å²) in [6, 6.07) is -1.09. The van der Waals surface area contributed by atoms with Crippen molar-refractivity contribution in [2.75, 3.05) is 49.5 Å². The van der Waals surface area contributed by atoms with Crippen molar-refractivity contribution in [2.24, 2.45) is 11.1 Å². The second-order valence-corrected chi connectivity index (χ2v) is 16.4. The normalized spacial score (nSPS) is 24.2. The Morgan fingerprint density at radius 1 is 1.26 bits per heavy atom. The molecule has 2 saturated heterocycles. The first-order valence-corrected chi connectivity index (χ1v) is 19.4. The Hall–Kier alpha value is -4.63. The number of thiazole rings is 1. The van der Waals surface area contributed by atoms with Crippen molar-refractivity contribution >= 4 is 80.7 Å². The van der Waals surface area contributed by atoms with Crippen LogP contribution in [0.25, 0.3) is 5.57 Å². The number of carbonyl (C=O) groups excluding carboxylic acids is 2. The van der Waals surface area contributed by atoms with E-state index in [0.29, 0.717) is 52.7 Å². The Morgan fingerprint density at radius 3 is 2.63 bits per heavy atom. The van der Waals surface area contributed by atoms with Gasteiger partial charge in [-0.25, -0.2) is 19.6 Å². The fraction of sp³-hybridized carbons (Fsp3) is 0.485. The molecule has 4 aliphatic rings. The molecule has 6 rings (SSSR count). The van der Waals surface area contributed by atoms with E-state index in [0.717, 1.165) is 37.3 Å². The number of nitrogens with zero attached hydrogens (tertiary/aromatic N) is 5. The number of likely N-dealkylation sites (tertiary alicyclic amines) is 1. The van der Waals surface area contributed by atoms with Gasteiger partial charge >= 0.3 is 11.9 Å². The Kier molecular flexibility index (Phi) is 11.0. The number of thioether (sulfide) groups is 1. The second-order valence-electron chi connectivity index (χ2n) is 14.1. The van der Waals surface area contributed by atoms with E-state index >= 15 is 0 Å². The highest BCUT2D eigenvalue weighted by atomic mass is 35.5. The minimum atomic E-state index is -1.78. The predicted molar refractivity (Wildman–Crippen MR) is 200 cm³/mol. The molecule has 5 heterocycles. The number of nitrogen functional groups attached to an aromatic ring is 1. The zero-order valence-electron chi connectivity index (χ0n) is 29.5. The molecule has 2 aromatic rings. The number of allylic oxidation sites excluding steroid dienone is 2. The smallest absolute Gasteiger partial charge is 0.352 e. The van der Waals surface area contributed by atoms with E-state index in [-0.39, 0.29) is 38.9 Å². The van der Waals surface area contributed by atoms with E-state index in [4.69, 9.17) is 22.2 Å². The molecule has 2 unspecified atom stereocenters. The van der Waals surface area contributed by atoms with Gasteiger partial charge in [0, 0.05) is 41.0 Å². The summed E-state index contributed by atoms with van der Waals surface area (Å²) in [6.07, 6.45) is 4.19. The number of H-pyrrole nitrogens is 1. The van der Waals surface area contributed by atoms with Crippen LogP contribution in [0, 0.1) is 5.92 Å². The number of hydrogen-bond donors (Lipinski definition) is 8. The van der Waals surface area contributed by atoms with Crippen molar-refractivity contribution in [1.82, 2.24) is 25.2 Å². The number of aliphatic carboxylic acids is 2. The first-order valence-electron chi connectivity index (χ1n) is 17.1. The number of oxime groups is 1. The van der Waals surface area contributed by atoms with Gasteiger partial charge in [-0.3, -0.25) is 14.5 Å². The van der Waals surface area contributed by atoms with Crippen LogP contribution in [0.5, 0.6) is 0 Å². The van der Waals surface area contributed by atoms with Crippen LogP contribution in [0.1, 0.15) is 45.1 Å². The van der Waals surface area contributed by atoms with Gasteiger partial charge in [0.25, 0.3) is 11.8 Å². The average molecular weight is 807 g/mol. The van der Waals surface area contributed by atoms with Gasteiger partial charge < -0.3 is 51.1 Å². The third-order valence-corrected chi connectivity index (χ3v) is 12.2. The van der Waals surface area contributed by atoms with Crippen molar-refractivity contribution in [2.45, 2.75) is 56.7 Å². The maximum Gasteiger partial charge on any atom is 0.352 e. The highest BCUT2D eigenvalue weighted by molar-refractivity contribution is 8.00. The molecule has 0 spiro atoms. The van der Waals surface area contributed by atoms with Crippen LogP contribution in [0.2, 0.25) is 0 Å². The average Bonchev–Trinajstić information content (AvgIpc) is 3.90. The zero-order chi connectivity index (χ0) is 39.1. The van der Waals surface area contributed by atoms with Crippen LogP contribution in [0.15, 0.2) is 44.9 Å². The number of nitrogens with two attached hydrogens (primary N) is 1. The molecule has 2 amide bonds. The fourth-order valence-electron chi connectivity index (χ4n) is 6.79. The van der Waals surface area contributed by atoms with Gasteiger partial charge in [-0.2, -0.15) is 0 Å². The molecule has 2 fully saturated rings. The molecule has 2 aromatic heterocycles. The zero-order valence-corrected chi connectivity index (χ0v) is 31.9. The lowest BCUT2D eigenvalue weighted by atomic mass is 9.93. The lowest BCUT2D eigenvalue weighted by molar-refractivity contribution is -0.910. The molecule has 21 heteroatoms. The molecule has 4 atom stereocenters. The standard InChI is InChI=1S/C33H40ClN9O9S2/c1-15-10-17(20(34)25(45)24(15)44)26-37-11-19(39-26)36-6-9-43(7-4-5-8-43)12-16-13-53-29-22(28(47)42(29)23(16)30(48)49)40-27(46)21(18-14-54-32(35)38-18)41-52-33(2,3)31(50)51/h10-11,14-15,22,24,29,44H,4-9,12-13H2,1-3H3,(H7-,35,36,37,38,39,40,41,45,46,48,49,50,51)/p+1/t15?,22-,24?,29-/m1/s1. The maximum atomic E-state index is 13.5. The molecule has 1 aliphatic carbocycles. The van der Waals surface area contributed by atoms with Crippen molar-refractivity contribution in [3.8, 4) is 0 Å². The number of carbonyl (C=O) groups is 4. The molecule has 0 aromatic carbocycles. The predicted octanol–water partition coefficient (Wildman–Crippen LogP) is 1.90. The number of nitrogens with one attached hydrogen (secondary N) is 3. The van der Waals surface area contributed by atoms with Crippen LogP contribution in [0.4, 0.5) is 10.9 Å². The number of aliphatic hydroxyl groups excluding tert-OH is 2. The van der Waals surface area contributed by atoms with Crippen molar-refractivity contribution in [1.29, 1.82) is 0 Å². The first-order chi connectivity index (χ1) is 25.5. The summed E-state index contributed by atoms with van der Waals surface area (Å²) in [4.78, 5) is 69.3. The summed E-state index contributed by atoms with van der Waals surface area (Å²) in [7, 11) is 0. The molecule has 54 heavy (non-hydrogen) atoms. The van der Waals surface area contributed by atoms with E-state index in [1.807, 2.05) is 0 Å². The SMILES string of the molecule is CC1C=C(c2ncc(NCC[N+]3(CC4=C(C(=O)O)N5C(=O)[C@@H](NC(=O)/C(=N\OC(C)(C)C(=O)O)c6csc(N)n6)[C@H]5SC4)CCCC3)[nH]2)C(Cl)=C(O)C1O. The van der Waals surface area contributed by atoms with Gasteiger partial charge in [-0.15, -0.1) is 23.1 Å². The minimum absolute atomic E-state index is 0.0189. The van der Waals surface area contributed by atoms with Crippen LogP contribution in [-0.4, -0.2) is 136 Å². The van der Waals surface area contributed by atoms with Crippen LogP contribution in [-0.2, 0) is 24.0 Å². The number of aliphatic hydroxyl groups is 2. The van der Waals surface area contributed by atoms with Crippen molar-refractivity contribution in [3.63, 3.8) is 0 Å². The number of rotatable bonds is 14. The van der Waals surface area contributed by atoms with Crippen LogP contribution < -0.4 is 16.4 Å². The Bertz CT molecular complexity index is 1980. The largest absolute Gasteiger partial charge is 0.508 e. The molecule has 3 aliphatic heterocycles. The number of aromatic nitrogens is 3. The number of carboxylic acids is 2. The lowest BCUT2D eigenvalue weighted by Crippen LogP contribution is -2.71. The van der Waals surface area contributed by atoms with Gasteiger partial charge in [0.15, 0.2) is 10.8 Å². The first kappa shape index (κ1) is 39.1. The van der Waals surface area contributed by atoms with E-state index in [2.05, 4.69) is 30.7 Å². The third-order valence-electron chi connectivity index (χ3n) is 9.84. The molecule has 18 nitrogen and oxygen atoms in total. The monoisotopic (exact) mass is 806 g/mol. The Morgan fingerprint density at radius 2 is 1.98 bits per heavy atom. The van der Waals surface area contributed by atoms with Gasteiger partial charge in [-0.1, -0.05) is 29.8 Å². The molecule has 9 N–H and O–H groups in total. The summed E-state index contributed by atoms with van der Waals surface area (Å²) in [6.45, 7) is 7.50. The van der Waals surface area contributed by atoms with E-state index < -0.39 is 46.9 Å². The van der Waals surface area contributed by atoms with E-state index in [1.54, 1.807) is 19.2 Å². The number of quaternary nitrogens is 1.